The van der Waals surface area contributed by atoms with E-state index in [1.54, 1.807) is 0 Å². The SMILES string of the molecule is Cc1cc(CNC2CC2)cc(N(C)CCN(C)C)n1. The Hall–Kier alpha value is -1.13. The van der Waals surface area contributed by atoms with Crippen LogP contribution in [0.15, 0.2) is 12.1 Å². The van der Waals surface area contributed by atoms with E-state index < -0.39 is 0 Å². The molecule has 1 aliphatic rings. The lowest BCUT2D eigenvalue weighted by molar-refractivity contribution is 0.416. The molecule has 0 aliphatic heterocycles. The molecule has 0 atom stereocenters. The molecule has 0 saturated heterocycles. The van der Waals surface area contributed by atoms with Gasteiger partial charge in [0.05, 0.1) is 0 Å². The van der Waals surface area contributed by atoms with E-state index >= 15 is 0 Å². The summed E-state index contributed by atoms with van der Waals surface area (Å²) in [6, 6.07) is 5.14. The summed E-state index contributed by atoms with van der Waals surface area (Å²) in [5, 5.41) is 3.56. The van der Waals surface area contributed by atoms with Gasteiger partial charge in [-0.1, -0.05) is 0 Å². The Morgan fingerprint density at radius 3 is 2.58 bits per heavy atom. The van der Waals surface area contributed by atoms with Gasteiger partial charge in [-0.3, -0.25) is 0 Å². The second-order valence-corrected chi connectivity index (χ2v) is 5.85. The molecule has 0 unspecified atom stereocenters. The Morgan fingerprint density at radius 1 is 1.21 bits per heavy atom. The van der Waals surface area contributed by atoms with E-state index in [9.17, 15) is 0 Å². The third kappa shape index (κ3) is 4.80. The predicted molar refractivity (Wildman–Crippen MR) is 80.7 cm³/mol. The molecule has 4 nitrogen and oxygen atoms in total. The molecule has 19 heavy (non-hydrogen) atoms. The highest BCUT2D eigenvalue weighted by Gasteiger charge is 2.20. The molecule has 4 heteroatoms. The number of nitrogens with one attached hydrogen (secondary N) is 1. The van der Waals surface area contributed by atoms with Crippen LogP contribution in [-0.2, 0) is 6.54 Å². The minimum atomic E-state index is 0.753. The van der Waals surface area contributed by atoms with E-state index in [4.69, 9.17) is 0 Å². The van der Waals surface area contributed by atoms with Crippen LogP contribution in [0.1, 0.15) is 24.1 Å². The van der Waals surface area contributed by atoms with E-state index in [0.29, 0.717) is 0 Å². The Labute approximate surface area is 116 Å². The standard InChI is InChI=1S/C15H26N4/c1-12-9-13(11-16-14-5-6-14)10-15(17-12)19(4)8-7-18(2)3/h9-10,14,16H,5-8,11H2,1-4H3. The number of anilines is 1. The number of hydrogen-bond acceptors (Lipinski definition) is 4. The van der Waals surface area contributed by atoms with E-state index in [0.717, 1.165) is 37.2 Å². The summed E-state index contributed by atoms with van der Waals surface area (Å²) in [4.78, 5) is 9.06. The Morgan fingerprint density at radius 2 is 1.95 bits per heavy atom. The number of aromatic nitrogens is 1. The fourth-order valence-corrected chi connectivity index (χ4v) is 2.03. The first-order valence-corrected chi connectivity index (χ1v) is 7.11. The van der Waals surface area contributed by atoms with E-state index in [2.05, 4.69) is 60.3 Å². The maximum absolute atomic E-state index is 4.63. The molecule has 1 saturated carbocycles. The molecule has 2 rings (SSSR count). The van der Waals surface area contributed by atoms with Crippen LogP contribution in [0, 0.1) is 6.92 Å². The average molecular weight is 262 g/mol. The first kappa shape index (κ1) is 14.3. The number of pyridine rings is 1. The molecule has 1 N–H and O–H groups in total. The Bertz CT molecular complexity index is 413. The van der Waals surface area contributed by atoms with Crippen molar-refractivity contribution >= 4 is 5.82 Å². The van der Waals surface area contributed by atoms with Crippen molar-refractivity contribution < 1.29 is 0 Å². The van der Waals surface area contributed by atoms with Crippen molar-refractivity contribution in [2.75, 3.05) is 39.1 Å². The summed E-state index contributed by atoms with van der Waals surface area (Å²) in [5.74, 6) is 1.08. The third-order valence-electron chi connectivity index (χ3n) is 3.45. The Balaban J connectivity index is 1.97. The van der Waals surface area contributed by atoms with Gasteiger partial charge in [0.1, 0.15) is 5.82 Å². The fourth-order valence-electron chi connectivity index (χ4n) is 2.03. The van der Waals surface area contributed by atoms with E-state index in [1.807, 2.05) is 0 Å². The molecule has 0 amide bonds. The second kappa shape index (κ2) is 6.35. The zero-order chi connectivity index (χ0) is 13.8. The van der Waals surface area contributed by atoms with Gasteiger partial charge in [0.2, 0.25) is 0 Å². The van der Waals surface area contributed by atoms with Gasteiger partial charge in [0, 0.05) is 38.4 Å². The largest absolute Gasteiger partial charge is 0.358 e. The van der Waals surface area contributed by atoms with Crippen LogP contribution < -0.4 is 10.2 Å². The minimum absolute atomic E-state index is 0.753. The highest BCUT2D eigenvalue weighted by atomic mass is 15.2. The van der Waals surface area contributed by atoms with Gasteiger partial charge in [0.25, 0.3) is 0 Å². The molecule has 106 valence electrons. The Kier molecular flexibility index (Phi) is 4.77. The first-order valence-electron chi connectivity index (χ1n) is 7.11. The van der Waals surface area contributed by atoms with Crippen LogP contribution in [-0.4, -0.2) is 50.2 Å². The summed E-state index contributed by atoms with van der Waals surface area (Å²) in [7, 11) is 6.31. The molecular weight excluding hydrogens is 236 g/mol. The summed E-state index contributed by atoms with van der Waals surface area (Å²) in [6.45, 7) is 5.08. The maximum atomic E-state index is 4.63. The zero-order valence-electron chi connectivity index (χ0n) is 12.6. The zero-order valence-corrected chi connectivity index (χ0v) is 12.6. The second-order valence-electron chi connectivity index (χ2n) is 5.85. The van der Waals surface area contributed by atoms with E-state index in [-0.39, 0.29) is 0 Å². The molecule has 1 heterocycles. The molecule has 0 radical (unpaired) electrons. The van der Waals surface area contributed by atoms with Crippen LogP contribution in [0.4, 0.5) is 5.82 Å². The van der Waals surface area contributed by atoms with Gasteiger partial charge in [0.15, 0.2) is 0 Å². The maximum Gasteiger partial charge on any atom is 0.128 e. The quantitative estimate of drug-likeness (QED) is 0.809. The first-order chi connectivity index (χ1) is 9.04. The predicted octanol–water partition coefficient (Wildman–Crippen LogP) is 1.64. The normalized spacial score (nSPS) is 15.0. The van der Waals surface area contributed by atoms with Gasteiger partial charge in [-0.2, -0.15) is 0 Å². The number of nitrogens with zero attached hydrogens (tertiary/aromatic N) is 3. The van der Waals surface area contributed by atoms with Gasteiger partial charge in [-0.15, -0.1) is 0 Å². The fraction of sp³-hybridized carbons (Fsp3) is 0.667. The minimum Gasteiger partial charge on any atom is -0.358 e. The van der Waals surface area contributed by atoms with Crippen LogP contribution in [0.25, 0.3) is 0 Å². The number of rotatable bonds is 7. The molecule has 0 spiro atoms. The number of aryl methyl sites for hydroxylation is 1. The molecule has 1 aromatic rings. The molecule has 0 aromatic carbocycles. The summed E-state index contributed by atoms with van der Waals surface area (Å²) < 4.78 is 0. The van der Waals surface area contributed by atoms with Gasteiger partial charge >= 0.3 is 0 Å². The summed E-state index contributed by atoms with van der Waals surface area (Å²) >= 11 is 0. The molecule has 1 fully saturated rings. The van der Waals surface area contributed by atoms with Crippen LogP contribution in [0.3, 0.4) is 0 Å². The number of hydrogen-bond donors (Lipinski definition) is 1. The van der Waals surface area contributed by atoms with Crippen molar-refractivity contribution in [1.29, 1.82) is 0 Å². The van der Waals surface area contributed by atoms with Crippen molar-refractivity contribution in [2.24, 2.45) is 0 Å². The lowest BCUT2D eigenvalue weighted by Gasteiger charge is -2.21. The van der Waals surface area contributed by atoms with Crippen LogP contribution in [0.5, 0.6) is 0 Å². The van der Waals surface area contributed by atoms with E-state index in [1.165, 1.54) is 18.4 Å². The van der Waals surface area contributed by atoms with Crippen molar-refractivity contribution in [3.05, 3.63) is 23.4 Å². The number of likely N-dealkylation sites (N-methyl/N-ethyl adjacent to an activating group) is 2. The van der Waals surface area contributed by atoms with Crippen molar-refractivity contribution in [3.8, 4) is 0 Å². The van der Waals surface area contributed by atoms with Crippen molar-refractivity contribution in [2.45, 2.75) is 32.4 Å². The molecule has 1 aliphatic carbocycles. The highest BCUT2D eigenvalue weighted by molar-refractivity contribution is 5.42. The van der Waals surface area contributed by atoms with Crippen molar-refractivity contribution in [1.82, 2.24) is 15.2 Å². The average Bonchev–Trinajstić information content (AvgIpc) is 3.16. The molecular formula is C15H26N4. The lowest BCUT2D eigenvalue weighted by Crippen LogP contribution is -2.29. The van der Waals surface area contributed by atoms with Crippen molar-refractivity contribution in [3.63, 3.8) is 0 Å². The van der Waals surface area contributed by atoms with Crippen LogP contribution >= 0.6 is 0 Å². The lowest BCUT2D eigenvalue weighted by atomic mass is 10.2. The monoisotopic (exact) mass is 262 g/mol. The highest BCUT2D eigenvalue weighted by Crippen LogP contribution is 2.20. The third-order valence-corrected chi connectivity index (χ3v) is 3.45. The van der Waals surface area contributed by atoms with Gasteiger partial charge in [-0.05, 0) is 51.6 Å². The molecule has 1 aromatic heterocycles. The molecule has 0 bridgehead atoms. The van der Waals surface area contributed by atoms with Gasteiger partial charge < -0.3 is 15.1 Å². The van der Waals surface area contributed by atoms with Gasteiger partial charge in [-0.25, -0.2) is 4.98 Å². The summed E-state index contributed by atoms with van der Waals surface area (Å²) in [5.41, 5.74) is 2.44. The topological polar surface area (TPSA) is 31.4 Å². The van der Waals surface area contributed by atoms with Crippen LogP contribution in [0.2, 0.25) is 0 Å². The smallest absolute Gasteiger partial charge is 0.128 e. The summed E-state index contributed by atoms with van der Waals surface area (Å²) in [6.07, 6.45) is 2.67.